The van der Waals surface area contributed by atoms with Gasteiger partial charge in [-0.1, -0.05) is 18.2 Å². The summed E-state index contributed by atoms with van der Waals surface area (Å²) in [6.45, 7) is 6.00. The quantitative estimate of drug-likeness (QED) is 0.543. The molecule has 1 fully saturated rings. The maximum atomic E-state index is 5.85. The third kappa shape index (κ3) is 1.29. The largest absolute Gasteiger partial charge is 0.324 e. The van der Waals surface area contributed by atoms with Crippen LogP contribution >= 0.6 is 0 Å². The molecule has 1 saturated carbocycles. The van der Waals surface area contributed by atoms with Gasteiger partial charge in [-0.15, -0.1) is 0 Å². The molecule has 0 aromatic rings. The van der Waals surface area contributed by atoms with Crippen molar-refractivity contribution in [2.45, 2.75) is 32.2 Å². The molecule has 1 rings (SSSR count). The van der Waals surface area contributed by atoms with Crippen LogP contribution in [0.2, 0.25) is 0 Å². The van der Waals surface area contributed by atoms with Crippen LogP contribution in [0.15, 0.2) is 23.8 Å². The fraction of sp³-hybridized carbons (Fsp3) is 0.556. The van der Waals surface area contributed by atoms with Gasteiger partial charge in [-0.2, -0.15) is 0 Å². The summed E-state index contributed by atoms with van der Waals surface area (Å²) in [7, 11) is 0. The molecule has 0 saturated heterocycles. The number of hydrogen-bond donors (Lipinski definition) is 1. The molecule has 0 amide bonds. The predicted octanol–water partition coefficient (Wildman–Crippen LogP) is 2.00. The normalized spacial score (nSPS) is 31.2. The summed E-state index contributed by atoms with van der Waals surface area (Å²) in [5.74, 6) is 0. The van der Waals surface area contributed by atoms with Crippen LogP contribution in [0.1, 0.15) is 26.2 Å². The van der Waals surface area contributed by atoms with Crippen molar-refractivity contribution in [3.8, 4) is 0 Å². The molecule has 0 aromatic carbocycles. The molecule has 1 atom stereocenters. The Morgan fingerprint density at radius 2 is 2.40 bits per heavy atom. The molecule has 56 valence electrons. The van der Waals surface area contributed by atoms with Crippen molar-refractivity contribution < 1.29 is 0 Å². The fourth-order valence-corrected chi connectivity index (χ4v) is 1.52. The molecule has 0 spiro atoms. The molecule has 0 bridgehead atoms. The zero-order chi connectivity index (χ0) is 7.56. The fourth-order valence-electron chi connectivity index (χ4n) is 1.52. The molecule has 1 aliphatic rings. The lowest BCUT2D eigenvalue weighted by atomic mass is 9.87. The van der Waals surface area contributed by atoms with Gasteiger partial charge in [0, 0.05) is 6.04 Å². The van der Waals surface area contributed by atoms with Crippen molar-refractivity contribution in [1.29, 1.82) is 0 Å². The number of rotatable bonds is 0. The van der Waals surface area contributed by atoms with Gasteiger partial charge in [0.05, 0.1) is 0 Å². The van der Waals surface area contributed by atoms with Gasteiger partial charge in [-0.3, -0.25) is 0 Å². The Hall–Kier alpha value is -0.560. The first-order valence-corrected chi connectivity index (χ1v) is 3.85. The maximum Gasteiger partial charge on any atom is 0.0294 e. The van der Waals surface area contributed by atoms with Gasteiger partial charge in [0.1, 0.15) is 0 Å². The Morgan fingerprint density at radius 1 is 1.70 bits per heavy atom. The van der Waals surface area contributed by atoms with Crippen LogP contribution in [-0.2, 0) is 0 Å². The van der Waals surface area contributed by atoms with E-state index in [1.54, 1.807) is 0 Å². The molecule has 0 aliphatic heterocycles. The molecule has 1 nitrogen and oxygen atoms in total. The Bertz CT molecular complexity index is 168. The molecule has 0 heterocycles. The minimum Gasteiger partial charge on any atom is -0.324 e. The summed E-state index contributed by atoms with van der Waals surface area (Å²) in [5.41, 5.74) is 8.36. The summed E-state index contributed by atoms with van der Waals surface area (Å²) >= 11 is 0. The van der Waals surface area contributed by atoms with Gasteiger partial charge in [0.2, 0.25) is 0 Å². The molecule has 0 aromatic heterocycles. The lowest BCUT2D eigenvalue weighted by Gasteiger charge is -2.23. The van der Waals surface area contributed by atoms with Crippen LogP contribution < -0.4 is 5.73 Å². The van der Waals surface area contributed by atoms with Gasteiger partial charge < -0.3 is 5.73 Å². The van der Waals surface area contributed by atoms with Crippen LogP contribution in [0, 0.1) is 0 Å². The second-order valence-electron chi connectivity index (χ2n) is 2.85. The van der Waals surface area contributed by atoms with Crippen LogP contribution in [0.5, 0.6) is 0 Å². The van der Waals surface area contributed by atoms with E-state index in [-0.39, 0.29) is 6.04 Å². The van der Waals surface area contributed by atoms with Crippen molar-refractivity contribution in [2.75, 3.05) is 0 Å². The minimum absolute atomic E-state index is 0.256. The smallest absolute Gasteiger partial charge is 0.0294 e. The first-order chi connectivity index (χ1) is 4.75. The van der Waals surface area contributed by atoms with Crippen LogP contribution in [0.3, 0.4) is 0 Å². The predicted molar refractivity (Wildman–Crippen MR) is 44.7 cm³/mol. The molecule has 10 heavy (non-hydrogen) atoms. The average molecular weight is 137 g/mol. The first kappa shape index (κ1) is 7.55. The molecular formula is C9H15N. The van der Waals surface area contributed by atoms with Gasteiger partial charge in [-0.25, -0.2) is 0 Å². The van der Waals surface area contributed by atoms with Crippen LogP contribution in [0.25, 0.3) is 0 Å². The van der Waals surface area contributed by atoms with E-state index in [0.717, 1.165) is 12.8 Å². The van der Waals surface area contributed by atoms with Crippen molar-refractivity contribution in [3.63, 3.8) is 0 Å². The highest BCUT2D eigenvalue weighted by molar-refractivity contribution is 5.34. The maximum absolute atomic E-state index is 5.85. The topological polar surface area (TPSA) is 26.0 Å². The van der Waals surface area contributed by atoms with Crippen LogP contribution in [-0.4, -0.2) is 6.04 Å². The second kappa shape index (κ2) is 3.02. The van der Waals surface area contributed by atoms with E-state index in [9.17, 15) is 0 Å². The molecule has 0 radical (unpaired) electrons. The van der Waals surface area contributed by atoms with E-state index >= 15 is 0 Å². The third-order valence-corrected chi connectivity index (χ3v) is 2.11. The Morgan fingerprint density at radius 3 is 2.80 bits per heavy atom. The summed E-state index contributed by atoms with van der Waals surface area (Å²) in [6.07, 6.45) is 5.55. The van der Waals surface area contributed by atoms with Gasteiger partial charge in [0.25, 0.3) is 0 Å². The van der Waals surface area contributed by atoms with Gasteiger partial charge in [-0.05, 0) is 31.8 Å². The highest BCUT2D eigenvalue weighted by Crippen LogP contribution is 2.25. The summed E-state index contributed by atoms with van der Waals surface area (Å²) in [4.78, 5) is 0. The molecule has 1 aliphatic carbocycles. The summed E-state index contributed by atoms with van der Waals surface area (Å²) in [6, 6.07) is 0.256. The molecule has 1 unspecified atom stereocenters. The van der Waals surface area contributed by atoms with E-state index in [4.69, 9.17) is 5.73 Å². The van der Waals surface area contributed by atoms with E-state index < -0.39 is 0 Å². The van der Waals surface area contributed by atoms with E-state index in [1.165, 1.54) is 17.6 Å². The SMILES string of the molecule is C=C1CCCC(N)/C1=C\C. The van der Waals surface area contributed by atoms with Gasteiger partial charge in [0.15, 0.2) is 0 Å². The Balaban J connectivity index is 2.73. The van der Waals surface area contributed by atoms with Crippen molar-refractivity contribution in [3.05, 3.63) is 23.8 Å². The highest BCUT2D eigenvalue weighted by atomic mass is 14.6. The average Bonchev–Trinajstić information content (AvgIpc) is 1.88. The Kier molecular flexibility index (Phi) is 2.28. The lowest BCUT2D eigenvalue weighted by Crippen LogP contribution is -2.26. The summed E-state index contributed by atoms with van der Waals surface area (Å²) < 4.78 is 0. The lowest BCUT2D eigenvalue weighted by molar-refractivity contribution is 0.600. The highest BCUT2D eigenvalue weighted by Gasteiger charge is 2.16. The third-order valence-electron chi connectivity index (χ3n) is 2.11. The second-order valence-corrected chi connectivity index (χ2v) is 2.85. The zero-order valence-corrected chi connectivity index (χ0v) is 6.56. The Labute approximate surface area is 62.6 Å². The van der Waals surface area contributed by atoms with Crippen molar-refractivity contribution in [1.82, 2.24) is 0 Å². The molecule has 2 N–H and O–H groups in total. The van der Waals surface area contributed by atoms with E-state index in [1.807, 2.05) is 6.92 Å². The zero-order valence-electron chi connectivity index (χ0n) is 6.56. The summed E-state index contributed by atoms with van der Waals surface area (Å²) in [5, 5.41) is 0. The molecular weight excluding hydrogens is 122 g/mol. The molecule has 1 heteroatoms. The number of nitrogens with two attached hydrogens (primary N) is 1. The van der Waals surface area contributed by atoms with E-state index in [2.05, 4.69) is 12.7 Å². The van der Waals surface area contributed by atoms with E-state index in [0.29, 0.717) is 0 Å². The number of hydrogen-bond acceptors (Lipinski definition) is 1. The van der Waals surface area contributed by atoms with Crippen molar-refractivity contribution in [2.24, 2.45) is 5.73 Å². The van der Waals surface area contributed by atoms with Gasteiger partial charge >= 0.3 is 0 Å². The van der Waals surface area contributed by atoms with Crippen molar-refractivity contribution >= 4 is 0 Å². The standard InChI is InChI=1S/C9H15N/c1-3-8-7(2)5-4-6-9(8)10/h3,9H,2,4-6,10H2,1H3/b8-3-. The first-order valence-electron chi connectivity index (χ1n) is 3.85. The van der Waals surface area contributed by atoms with Crippen LogP contribution in [0.4, 0.5) is 0 Å². The monoisotopic (exact) mass is 137 g/mol. The number of allylic oxidation sites excluding steroid dienone is 1. The minimum atomic E-state index is 0.256.